The van der Waals surface area contributed by atoms with E-state index in [0.717, 1.165) is 12.0 Å². The van der Waals surface area contributed by atoms with Gasteiger partial charge in [-0.25, -0.2) is 0 Å². The van der Waals surface area contributed by atoms with E-state index in [-0.39, 0.29) is 0 Å². The molecule has 1 atom stereocenters. The summed E-state index contributed by atoms with van der Waals surface area (Å²) in [5.41, 5.74) is 0. The predicted octanol–water partition coefficient (Wildman–Crippen LogP) is 1.79. The monoisotopic (exact) mass is 253 g/mol. The van der Waals surface area contributed by atoms with Gasteiger partial charge in [0.2, 0.25) is 0 Å². The van der Waals surface area contributed by atoms with E-state index in [1.54, 1.807) is 0 Å². The summed E-state index contributed by atoms with van der Waals surface area (Å²) in [6.07, 6.45) is 8.43. The molecule has 2 heterocycles. The van der Waals surface area contributed by atoms with Crippen LogP contribution in [0.15, 0.2) is 0 Å². The Hall–Kier alpha value is -0.120. The third kappa shape index (κ3) is 4.52. The topological polar surface area (TPSA) is 18.5 Å². The van der Waals surface area contributed by atoms with Crippen LogP contribution in [-0.2, 0) is 0 Å². The average molecular weight is 253 g/mol. The van der Waals surface area contributed by atoms with Crippen LogP contribution in [0.2, 0.25) is 0 Å². The number of hydrogen-bond acceptors (Lipinski definition) is 3. The number of likely N-dealkylation sites (N-methyl/N-ethyl adjacent to an activating group) is 1. The Labute approximate surface area is 113 Å². The summed E-state index contributed by atoms with van der Waals surface area (Å²) in [6, 6.07) is 0.789. The van der Waals surface area contributed by atoms with Crippen LogP contribution in [0.3, 0.4) is 0 Å². The first-order valence-corrected chi connectivity index (χ1v) is 7.85. The Morgan fingerprint density at radius 2 is 1.94 bits per heavy atom. The molecule has 0 radical (unpaired) electrons. The molecular weight excluding hydrogens is 222 g/mol. The van der Waals surface area contributed by atoms with Crippen molar-refractivity contribution in [1.82, 2.24) is 15.1 Å². The van der Waals surface area contributed by atoms with Crippen LogP contribution in [0.1, 0.15) is 38.5 Å². The molecule has 0 aliphatic carbocycles. The molecule has 0 spiro atoms. The zero-order valence-electron chi connectivity index (χ0n) is 12.3. The summed E-state index contributed by atoms with van der Waals surface area (Å²) in [4.78, 5) is 5.09. The van der Waals surface area contributed by atoms with Crippen molar-refractivity contribution in [2.45, 2.75) is 44.6 Å². The van der Waals surface area contributed by atoms with Gasteiger partial charge in [-0.05, 0) is 84.7 Å². The largest absolute Gasteiger partial charge is 0.317 e. The normalized spacial score (nSPS) is 27.8. The van der Waals surface area contributed by atoms with E-state index in [9.17, 15) is 0 Å². The fraction of sp³-hybridized carbons (Fsp3) is 1.00. The molecule has 106 valence electrons. The summed E-state index contributed by atoms with van der Waals surface area (Å²) in [5.74, 6) is 1.00. The van der Waals surface area contributed by atoms with Crippen LogP contribution < -0.4 is 5.32 Å². The smallest absolute Gasteiger partial charge is 0.0217 e. The van der Waals surface area contributed by atoms with Crippen LogP contribution in [0.25, 0.3) is 0 Å². The minimum absolute atomic E-state index is 0.789. The third-order valence-electron chi connectivity index (χ3n) is 4.76. The lowest BCUT2D eigenvalue weighted by molar-refractivity contribution is 0.129. The molecule has 3 heteroatoms. The van der Waals surface area contributed by atoms with Crippen molar-refractivity contribution >= 4 is 0 Å². The van der Waals surface area contributed by atoms with Gasteiger partial charge in [-0.3, -0.25) is 0 Å². The molecule has 18 heavy (non-hydrogen) atoms. The Morgan fingerprint density at radius 3 is 2.67 bits per heavy atom. The fourth-order valence-electron chi connectivity index (χ4n) is 3.43. The van der Waals surface area contributed by atoms with Crippen molar-refractivity contribution in [3.63, 3.8) is 0 Å². The molecular formula is C15H31N3. The van der Waals surface area contributed by atoms with Crippen LogP contribution in [-0.4, -0.2) is 62.7 Å². The summed E-state index contributed by atoms with van der Waals surface area (Å²) in [5, 5.41) is 3.46. The molecule has 0 aromatic heterocycles. The zero-order valence-corrected chi connectivity index (χ0v) is 12.3. The highest BCUT2D eigenvalue weighted by molar-refractivity contribution is 4.78. The van der Waals surface area contributed by atoms with Crippen molar-refractivity contribution in [2.75, 3.05) is 46.8 Å². The van der Waals surface area contributed by atoms with Crippen molar-refractivity contribution in [1.29, 1.82) is 0 Å². The molecule has 0 aromatic rings. The molecule has 2 rings (SSSR count). The molecule has 2 aliphatic rings. The van der Waals surface area contributed by atoms with Gasteiger partial charge >= 0.3 is 0 Å². The van der Waals surface area contributed by atoms with E-state index in [1.807, 2.05) is 0 Å². The highest BCUT2D eigenvalue weighted by Gasteiger charge is 2.21. The molecule has 2 fully saturated rings. The Bertz CT molecular complexity index is 224. The Morgan fingerprint density at radius 1 is 1.17 bits per heavy atom. The predicted molar refractivity (Wildman–Crippen MR) is 78.0 cm³/mol. The molecule has 3 nitrogen and oxygen atoms in total. The third-order valence-corrected chi connectivity index (χ3v) is 4.76. The first-order valence-electron chi connectivity index (χ1n) is 7.85. The van der Waals surface area contributed by atoms with Crippen LogP contribution in [0.5, 0.6) is 0 Å². The fourth-order valence-corrected chi connectivity index (χ4v) is 3.43. The summed E-state index contributed by atoms with van der Waals surface area (Å²) >= 11 is 0. The van der Waals surface area contributed by atoms with E-state index in [4.69, 9.17) is 0 Å². The average Bonchev–Trinajstić information content (AvgIpc) is 2.40. The summed E-state index contributed by atoms with van der Waals surface area (Å²) in [6.45, 7) is 6.44. The van der Waals surface area contributed by atoms with Gasteiger partial charge in [-0.1, -0.05) is 0 Å². The van der Waals surface area contributed by atoms with Gasteiger partial charge in [-0.2, -0.15) is 0 Å². The maximum Gasteiger partial charge on any atom is 0.0217 e. The molecule has 2 saturated heterocycles. The second kappa shape index (κ2) is 7.46. The summed E-state index contributed by atoms with van der Waals surface area (Å²) < 4.78 is 0. The van der Waals surface area contributed by atoms with E-state index in [2.05, 4.69) is 29.2 Å². The van der Waals surface area contributed by atoms with Gasteiger partial charge in [0, 0.05) is 12.6 Å². The number of nitrogens with zero attached hydrogens (tertiary/aromatic N) is 2. The minimum atomic E-state index is 0.789. The van der Waals surface area contributed by atoms with Gasteiger partial charge < -0.3 is 15.1 Å². The maximum absolute atomic E-state index is 3.46. The van der Waals surface area contributed by atoms with Crippen LogP contribution in [0, 0.1) is 5.92 Å². The number of likely N-dealkylation sites (tertiary alicyclic amines) is 1. The lowest BCUT2D eigenvalue weighted by Gasteiger charge is -2.36. The van der Waals surface area contributed by atoms with Gasteiger partial charge in [0.25, 0.3) is 0 Å². The number of rotatable bonds is 5. The van der Waals surface area contributed by atoms with Crippen molar-refractivity contribution < 1.29 is 0 Å². The van der Waals surface area contributed by atoms with Crippen LogP contribution in [0.4, 0.5) is 0 Å². The van der Waals surface area contributed by atoms with Gasteiger partial charge in [0.05, 0.1) is 0 Å². The van der Waals surface area contributed by atoms with Gasteiger partial charge in [-0.15, -0.1) is 0 Å². The Balaban J connectivity index is 1.60. The molecule has 1 N–H and O–H groups in total. The van der Waals surface area contributed by atoms with Crippen molar-refractivity contribution in [3.05, 3.63) is 0 Å². The van der Waals surface area contributed by atoms with E-state index in [1.165, 1.54) is 71.2 Å². The second-order valence-corrected chi connectivity index (χ2v) is 6.40. The lowest BCUT2D eigenvalue weighted by atomic mass is 9.93. The van der Waals surface area contributed by atoms with Crippen molar-refractivity contribution in [3.8, 4) is 0 Å². The molecule has 0 amide bonds. The number of piperidine rings is 2. The highest BCUT2D eigenvalue weighted by Crippen LogP contribution is 2.19. The molecule has 0 aromatic carbocycles. The molecule has 1 unspecified atom stereocenters. The first-order chi connectivity index (χ1) is 8.75. The zero-order chi connectivity index (χ0) is 12.8. The quantitative estimate of drug-likeness (QED) is 0.806. The van der Waals surface area contributed by atoms with E-state index < -0.39 is 0 Å². The van der Waals surface area contributed by atoms with Gasteiger partial charge in [0.15, 0.2) is 0 Å². The highest BCUT2D eigenvalue weighted by atomic mass is 15.2. The maximum atomic E-state index is 3.46. The number of hydrogen-bond donors (Lipinski definition) is 1. The van der Waals surface area contributed by atoms with Crippen LogP contribution >= 0.6 is 0 Å². The SMILES string of the molecule is CN(C)C1CCCN(CCCC2CCNCC2)C1. The molecule has 2 aliphatic heterocycles. The second-order valence-electron chi connectivity index (χ2n) is 6.40. The first kappa shape index (κ1) is 14.3. The lowest BCUT2D eigenvalue weighted by Crippen LogP contribution is -2.45. The molecule has 0 bridgehead atoms. The van der Waals surface area contributed by atoms with E-state index >= 15 is 0 Å². The minimum Gasteiger partial charge on any atom is -0.317 e. The molecule has 0 saturated carbocycles. The van der Waals surface area contributed by atoms with Gasteiger partial charge in [0.1, 0.15) is 0 Å². The van der Waals surface area contributed by atoms with E-state index in [0.29, 0.717) is 0 Å². The number of nitrogens with one attached hydrogen (secondary N) is 1. The van der Waals surface area contributed by atoms with Crippen molar-refractivity contribution in [2.24, 2.45) is 5.92 Å². The standard InChI is InChI=1S/C15H31N3/c1-17(2)15-6-4-12-18(13-15)11-3-5-14-7-9-16-10-8-14/h14-16H,3-13H2,1-2H3. The Kier molecular flexibility index (Phi) is 5.93. The summed E-state index contributed by atoms with van der Waals surface area (Å²) in [7, 11) is 4.45.